The summed E-state index contributed by atoms with van der Waals surface area (Å²) in [5.74, 6) is 0. The first-order valence-electron chi connectivity index (χ1n) is 4.69. The standard InChI is InChI=1S/C10H13N3/c11-7-9-4-2-6-13(9)10-3-1-5-12-8-10/h2,4,6,10,12H,1,3,5,8H2. The predicted octanol–water partition coefficient (Wildman–Crippen LogP) is 1.28. The van der Waals surface area contributed by atoms with Gasteiger partial charge in [-0.05, 0) is 31.5 Å². The van der Waals surface area contributed by atoms with Crippen LogP contribution < -0.4 is 5.32 Å². The molecule has 1 fully saturated rings. The fraction of sp³-hybridized carbons (Fsp3) is 0.500. The zero-order valence-electron chi connectivity index (χ0n) is 7.53. The maximum absolute atomic E-state index is 8.85. The number of hydrogen-bond acceptors (Lipinski definition) is 2. The molecule has 2 rings (SSSR count). The van der Waals surface area contributed by atoms with Gasteiger partial charge in [-0.2, -0.15) is 5.26 Å². The molecule has 3 heteroatoms. The van der Waals surface area contributed by atoms with Crippen molar-refractivity contribution in [2.45, 2.75) is 18.9 Å². The summed E-state index contributed by atoms with van der Waals surface area (Å²) in [6.45, 7) is 2.10. The lowest BCUT2D eigenvalue weighted by molar-refractivity contribution is 0.370. The Bertz CT molecular complexity index is 315. The molecular formula is C10H13N3. The molecule has 1 aliphatic rings. The summed E-state index contributed by atoms with van der Waals surface area (Å²) in [7, 11) is 0. The van der Waals surface area contributed by atoms with Crippen molar-refractivity contribution >= 4 is 0 Å². The zero-order valence-corrected chi connectivity index (χ0v) is 7.53. The van der Waals surface area contributed by atoms with Crippen molar-refractivity contribution in [3.8, 4) is 6.07 Å². The first-order chi connectivity index (χ1) is 6.42. The number of aromatic nitrogens is 1. The van der Waals surface area contributed by atoms with E-state index in [1.807, 2.05) is 18.3 Å². The van der Waals surface area contributed by atoms with Gasteiger partial charge in [0, 0.05) is 18.8 Å². The topological polar surface area (TPSA) is 40.8 Å². The van der Waals surface area contributed by atoms with Crippen LogP contribution in [0.4, 0.5) is 0 Å². The lowest BCUT2D eigenvalue weighted by atomic mass is 10.1. The number of nitriles is 1. The lowest BCUT2D eigenvalue weighted by Gasteiger charge is -2.24. The zero-order chi connectivity index (χ0) is 9.10. The van der Waals surface area contributed by atoms with E-state index < -0.39 is 0 Å². The smallest absolute Gasteiger partial charge is 0.120 e. The molecule has 0 aliphatic carbocycles. The Balaban J connectivity index is 2.19. The lowest BCUT2D eigenvalue weighted by Crippen LogP contribution is -2.31. The van der Waals surface area contributed by atoms with Crippen molar-refractivity contribution in [2.24, 2.45) is 0 Å². The van der Waals surface area contributed by atoms with E-state index in [0.717, 1.165) is 18.8 Å². The Kier molecular flexibility index (Phi) is 2.33. The van der Waals surface area contributed by atoms with Gasteiger partial charge in [0.1, 0.15) is 11.8 Å². The molecule has 0 bridgehead atoms. The Morgan fingerprint density at radius 2 is 2.54 bits per heavy atom. The normalized spacial score (nSPS) is 22.5. The number of rotatable bonds is 1. The highest BCUT2D eigenvalue weighted by atomic mass is 15.1. The van der Waals surface area contributed by atoms with Crippen LogP contribution in [0.5, 0.6) is 0 Å². The Hall–Kier alpha value is -1.27. The van der Waals surface area contributed by atoms with Crippen molar-refractivity contribution in [1.29, 1.82) is 5.26 Å². The van der Waals surface area contributed by atoms with Crippen molar-refractivity contribution in [2.75, 3.05) is 13.1 Å². The first-order valence-corrected chi connectivity index (χ1v) is 4.69. The predicted molar refractivity (Wildman–Crippen MR) is 50.3 cm³/mol. The van der Waals surface area contributed by atoms with Gasteiger partial charge in [0.05, 0.1) is 0 Å². The second kappa shape index (κ2) is 3.63. The van der Waals surface area contributed by atoms with Gasteiger partial charge in [-0.15, -0.1) is 0 Å². The molecule has 3 nitrogen and oxygen atoms in total. The maximum atomic E-state index is 8.85. The minimum Gasteiger partial charge on any atom is -0.335 e. The fourth-order valence-corrected chi connectivity index (χ4v) is 1.88. The van der Waals surface area contributed by atoms with Crippen LogP contribution in [0.1, 0.15) is 24.6 Å². The summed E-state index contributed by atoms with van der Waals surface area (Å²) in [6.07, 6.45) is 4.38. The average Bonchev–Trinajstić information content (AvgIpc) is 2.67. The highest BCUT2D eigenvalue weighted by Crippen LogP contribution is 2.18. The van der Waals surface area contributed by atoms with Gasteiger partial charge in [0.15, 0.2) is 0 Å². The molecule has 1 aromatic heterocycles. The third-order valence-corrected chi connectivity index (χ3v) is 2.56. The van der Waals surface area contributed by atoms with E-state index in [9.17, 15) is 0 Å². The second-order valence-corrected chi connectivity index (χ2v) is 3.41. The summed E-state index contributed by atoms with van der Waals surface area (Å²) in [5, 5.41) is 12.2. The summed E-state index contributed by atoms with van der Waals surface area (Å²) in [6, 6.07) is 6.49. The van der Waals surface area contributed by atoms with Crippen molar-refractivity contribution in [1.82, 2.24) is 9.88 Å². The van der Waals surface area contributed by atoms with E-state index in [1.165, 1.54) is 12.8 Å². The second-order valence-electron chi connectivity index (χ2n) is 3.41. The molecule has 0 radical (unpaired) electrons. The van der Waals surface area contributed by atoms with Crippen LogP contribution in [0.25, 0.3) is 0 Å². The minimum absolute atomic E-state index is 0.471. The summed E-state index contributed by atoms with van der Waals surface area (Å²) < 4.78 is 2.08. The minimum atomic E-state index is 0.471. The Morgan fingerprint density at radius 3 is 3.23 bits per heavy atom. The SMILES string of the molecule is N#Cc1cccn1C1CCCNC1. The van der Waals surface area contributed by atoms with Crippen LogP contribution in [0.2, 0.25) is 0 Å². The van der Waals surface area contributed by atoms with Gasteiger partial charge >= 0.3 is 0 Å². The fourth-order valence-electron chi connectivity index (χ4n) is 1.88. The number of nitrogens with zero attached hydrogens (tertiary/aromatic N) is 2. The largest absolute Gasteiger partial charge is 0.335 e. The van der Waals surface area contributed by atoms with Gasteiger partial charge in [0.2, 0.25) is 0 Å². The molecule has 1 atom stereocenters. The number of piperidine rings is 1. The highest BCUT2D eigenvalue weighted by Gasteiger charge is 2.15. The molecule has 68 valence electrons. The van der Waals surface area contributed by atoms with Crippen LogP contribution in [0.3, 0.4) is 0 Å². The molecular weight excluding hydrogens is 162 g/mol. The molecule has 1 N–H and O–H groups in total. The molecule has 0 spiro atoms. The Morgan fingerprint density at radius 1 is 1.62 bits per heavy atom. The summed E-state index contributed by atoms with van der Waals surface area (Å²) in [5.41, 5.74) is 0.772. The van der Waals surface area contributed by atoms with Gasteiger partial charge in [-0.25, -0.2) is 0 Å². The van der Waals surface area contributed by atoms with Crippen LogP contribution in [-0.4, -0.2) is 17.7 Å². The van der Waals surface area contributed by atoms with E-state index >= 15 is 0 Å². The van der Waals surface area contributed by atoms with Crippen LogP contribution in [0.15, 0.2) is 18.3 Å². The highest BCUT2D eigenvalue weighted by molar-refractivity contribution is 5.23. The Labute approximate surface area is 78.0 Å². The van der Waals surface area contributed by atoms with E-state index in [0.29, 0.717) is 6.04 Å². The molecule has 13 heavy (non-hydrogen) atoms. The monoisotopic (exact) mass is 175 g/mol. The van der Waals surface area contributed by atoms with E-state index in [4.69, 9.17) is 5.26 Å². The molecule has 0 saturated carbocycles. The average molecular weight is 175 g/mol. The van der Waals surface area contributed by atoms with Crippen molar-refractivity contribution in [3.63, 3.8) is 0 Å². The molecule has 2 heterocycles. The molecule has 1 saturated heterocycles. The number of nitrogens with one attached hydrogen (secondary N) is 1. The van der Waals surface area contributed by atoms with Gasteiger partial charge in [-0.3, -0.25) is 0 Å². The van der Waals surface area contributed by atoms with E-state index in [-0.39, 0.29) is 0 Å². The molecule has 1 aliphatic heterocycles. The van der Waals surface area contributed by atoms with E-state index in [1.54, 1.807) is 0 Å². The van der Waals surface area contributed by atoms with Crippen molar-refractivity contribution < 1.29 is 0 Å². The van der Waals surface area contributed by atoms with Crippen molar-refractivity contribution in [3.05, 3.63) is 24.0 Å². The van der Waals surface area contributed by atoms with Crippen LogP contribution in [0, 0.1) is 11.3 Å². The maximum Gasteiger partial charge on any atom is 0.120 e. The quantitative estimate of drug-likeness (QED) is 0.698. The van der Waals surface area contributed by atoms with Gasteiger partial charge in [-0.1, -0.05) is 0 Å². The van der Waals surface area contributed by atoms with Gasteiger partial charge < -0.3 is 9.88 Å². The molecule has 0 aromatic carbocycles. The molecule has 0 amide bonds. The molecule has 1 unspecified atom stereocenters. The third kappa shape index (κ3) is 1.58. The third-order valence-electron chi connectivity index (χ3n) is 2.56. The summed E-state index contributed by atoms with van der Waals surface area (Å²) >= 11 is 0. The van der Waals surface area contributed by atoms with Gasteiger partial charge in [0.25, 0.3) is 0 Å². The van der Waals surface area contributed by atoms with Crippen LogP contribution in [-0.2, 0) is 0 Å². The number of hydrogen-bond donors (Lipinski definition) is 1. The summed E-state index contributed by atoms with van der Waals surface area (Å²) in [4.78, 5) is 0. The molecule has 1 aromatic rings. The van der Waals surface area contributed by atoms with E-state index in [2.05, 4.69) is 16.0 Å². The first kappa shape index (κ1) is 8.33. The van der Waals surface area contributed by atoms with Crippen LogP contribution >= 0.6 is 0 Å².